The lowest BCUT2D eigenvalue weighted by molar-refractivity contribution is 0.138. The molecule has 46 valence electrons. The Labute approximate surface area is 49.5 Å². The van der Waals surface area contributed by atoms with Crippen LogP contribution in [0.25, 0.3) is 0 Å². The van der Waals surface area contributed by atoms with E-state index in [0.29, 0.717) is 0 Å². The second kappa shape index (κ2) is 2.84. The molecular formula is C6H11NO. The number of rotatable bonds is 1. The zero-order valence-electron chi connectivity index (χ0n) is 5.05. The molecule has 0 radical (unpaired) electrons. The van der Waals surface area contributed by atoms with E-state index in [9.17, 15) is 0 Å². The molecule has 1 fully saturated rings. The molecule has 0 saturated carbocycles. The topological polar surface area (TPSA) is 21.3 Å². The van der Waals surface area contributed by atoms with E-state index in [1.54, 1.807) is 0 Å². The van der Waals surface area contributed by atoms with Crippen LogP contribution in [0.3, 0.4) is 0 Å². The van der Waals surface area contributed by atoms with Crippen LogP contribution in [0.4, 0.5) is 0 Å². The molecule has 0 aromatic rings. The highest BCUT2D eigenvalue weighted by molar-refractivity contribution is 4.87. The van der Waals surface area contributed by atoms with Gasteiger partial charge in [-0.15, -0.1) is 0 Å². The first kappa shape index (κ1) is 5.79. The van der Waals surface area contributed by atoms with Crippen LogP contribution >= 0.6 is 0 Å². The minimum absolute atomic E-state index is 0.181. The summed E-state index contributed by atoms with van der Waals surface area (Å²) >= 11 is 0. The second-order valence-electron chi connectivity index (χ2n) is 1.77. The predicted molar refractivity (Wildman–Crippen MR) is 32.6 cm³/mol. The van der Waals surface area contributed by atoms with Gasteiger partial charge in [0.2, 0.25) is 0 Å². The average molecular weight is 113 g/mol. The van der Waals surface area contributed by atoms with Crippen molar-refractivity contribution >= 4 is 0 Å². The third-order valence-electron chi connectivity index (χ3n) is 1.11. The van der Waals surface area contributed by atoms with Crippen molar-refractivity contribution in [3.8, 4) is 0 Å². The van der Waals surface area contributed by atoms with Gasteiger partial charge in [0.15, 0.2) is 0 Å². The van der Waals surface area contributed by atoms with Crippen molar-refractivity contribution < 1.29 is 4.74 Å². The smallest absolute Gasteiger partial charge is 0.127 e. The van der Waals surface area contributed by atoms with E-state index in [2.05, 4.69) is 5.32 Å². The fourth-order valence-electron chi connectivity index (χ4n) is 0.744. The van der Waals surface area contributed by atoms with E-state index in [0.717, 1.165) is 13.2 Å². The lowest BCUT2D eigenvalue weighted by Gasteiger charge is -1.99. The number of nitrogens with one attached hydrogen (secondary N) is 1. The third-order valence-corrected chi connectivity index (χ3v) is 1.11. The van der Waals surface area contributed by atoms with Crippen molar-refractivity contribution in [2.24, 2.45) is 0 Å². The first-order chi connectivity index (χ1) is 3.93. The number of ether oxygens (including phenoxy) is 1. The highest BCUT2D eigenvalue weighted by atomic mass is 16.5. The molecule has 0 aromatic heterocycles. The van der Waals surface area contributed by atoms with Crippen LogP contribution in [0, 0.1) is 0 Å². The molecule has 1 rings (SSSR count). The normalized spacial score (nSPS) is 29.9. The van der Waals surface area contributed by atoms with Crippen molar-refractivity contribution in [3.63, 3.8) is 0 Å². The molecule has 1 unspecified atom stereocenters. The van der Waals surface area contributed by atoms with Gasteiger partial charge in [0.25, 0.3) is 0 Å². The Balaban J connectivity index is 2.24. The van der Waals surface area contributed by atoms with Crippen LogP contribution < -0.4 is 5.32 Å². The first-order valence-corrected chi connectivity index (χ1v) is 2.91. The third kappa shape index (κ3) is 1.32. The molecule has 8 heavy (non-hydrogen) atoms. The molecule has 1 aliphatic rings. The Bertz CT molecular complexity index is 84.5. The first-order valence-electron chi connectivity index (χ1n) is 2.91. The zero-order valence-corrected chi connectivity index (χ0v) is 5.05. The van der Waals surface area contributed by atoms with Gasteiger partial charge in [-0.3, -0.25) is 5.32 Å². The maximum absolute atomic E-state index is 5.20. The lowest BCUT2D eigenvalue weighted by atomic mass is 10.5. The summed E-state index contributed by atoms with van der Waals surface area (Å²) in [4.78, 5) is 0. The summed E-state index contributed by atoms with van der Waals surface area (Å²) in [5.41, 5.74) is 0. The Kier molecular flexibility index (Phi) is 2.06. The molecule has 1 N–H and O–H groups in total. The molecule has 0 aliphatic carbocycles. The minimum atomic E-state index is 0.181. The molecule has 1 saturated heterocycles. The number of hydrogen-bond donors (Lipinski definition) is 1. The quantitative estimate of drug-likeness (QED) is 0.500. The number of hydrogen-bond acceptors (Lipinski definition) is 2. The Morgan fingerprint density at radius 3 is 3.12 bits per heavy atom. The van der Waals surface area contributed by atoms with Crippen molar-refractivity contribution in [1.82, 2.24) is 5.32 Å². The molecule has 1 aliphatic heterocycles. The Morgan fingerprint density at radius 1 is 1.75 bits per heavy atom. The highest BCUT2D eigenvalue weighted by Gasteiger charge is 2.08. The summed E-state index contributed by atoms with van der Waals surface area (Å²) < 4.78 is 5.20. The van der Waals surface area contributed by atoms with Gasteiger partial charge in [-0.05, 0) is 13.0 Å². The molecule has 0 spiro atoms. The van der Waals surface area contributed by atoms with E-state index in [4.69, 9.17) is 4.74 Å². The largest absolute Gasteiger partial charge is 0.358 e. The number of allylic oxidation sites excluding steroid dienone is 1. The van der Waals surface area contributed by atoms with Crippen molar-refractivity contribution in [2.45, 2.75) is 13.2 Å². The van der Waals surface area contributed by atoms with Gasteiger partial charge in [0.1, 0.15) is 6.23 Å². The molecule has 0 amide bonds. The summed E-state index contributed by atoms with van der Waals surface area (Å²) in [5.74, 6) is 0. The minimum Gasteiger partial charge on any atom is -0.358 e. The van der Waals surface area contributed by atoms with Crippen molar-refractivity contribution in [1.29, 1.82) is 0 Å². The monoisotopic (exact) mass is 113 g/mol. The van der Waals surface area contributed by atoms with Crippen LogP contribution in [0.5, 0.6) is 0 Å². The maximum Gasteiger partial charge on any atom is 0.127 e. The van der Waals surface area contributed by atoms with E-state index >= 15 is 0 Å². The van der Waals surface area contributed by atoms with Crippen molar-refractivity contribution in [2.75, 3.05) is 13.2 Å². The molecular weight excluding hydrogens is 102 g/mol. The van der Waals surface area contributed by atoms with Crippen LogP contribution in [0.15, 0.2) is 12.2 Å². The summed E-state index contributed by atoms with van der Waals surface area (Å²) in [6, 6.07) is 0. The molecule has 1 atom stereocenters. The van der Waals surface area contributed by atoms with Gasteiger partial charge in [-0.25, -0.2) is 0 Å². The SMILES string of the molecule is C/C=C/C1NCCO1. The van der Waals surface area contributed by atoms with Crippen LogP contribution in [-0.4, -0.2) is 19.4 Å². The summed E-state index contributed by atoms with van der Waals surface area (Å²) in [6.07, 6.45) is 4.18. The molecule has 1 heterocycles. The van der Waals surface area contributed by atoms with Crippen molar-refractivity contribution in [3.05, 3.63) is 12.2 Å². The van der Waals surface area contributed by atoms with Gasteiger partial charge in [-0.1, -0.05) is 6.08 Å². The van der Waals surface area contributed by atoms with Gasteiger partial charge in [0, 0.05) is 6.54 Å². The van der Waals surface area contributed by atoms with Gasteiger partial charge < -0.3 is 4.74 Å². The maximum atomic E-state index is 5.20. The summed E-state index contributed by atoms with van der Waals surface area (Å²) in [6.45, 7) is 3.81. The van der Waals surface area contributed by atoms with Crippen LogP contribution in [0.1, 0.15) is 6.92 Å². The van der Waals surface area contributed by atoms with Gasteiger partial charge in [-0.2, -0.15) is 0 Å². The average Bonchev–Trinajstić information content (AvgIpc) is 2.19. The molecule has 0 aromatic carbocycles. The second-order valence-corrected chi connectivity index (χ2v) is 1.77. The van der Waals surface area contributed by atoms with Crippen LogP contribution in [-0.2, 0) is 4.74 Å². The predicted octanol–water partition coefficient (Wildman–Crippen LogP) is 0.508. The molecule has 0 bridgehead atoms. The lowest BCUT2D eigenvalue weighted by Crippen LogP contribution is -2.19. The molecule has 2 nitrogen and oxygen atoms in total. The Morgan fingerprint density at radius 2 is 2.62 bits per heavy atom. The standard InChI is InChI=1S/C6H11NO/c1-2-3-6-7-4-5-8-6/h2-3,6-7H,4-5H2,1H3/b3-2+. The summed E-state index contributed by atoms with van der Waals surface area (Å²) in [7, 11) is 0. The van der Waals surface area contributed by atoms with E-state index < -0.39 is 0 Å². The van der Waals surface area contributed by atoms with Gasteiger partial charge in [0.05, 0.1) is 6.61 Å². The fraction of sp³-hybridized carbons (Fsp3) is 0.667. The van der Waals surface area contributed by atoms with E-state index in [1.807, 2.05) is 19.1 Å². The fourth-order valence-corrected chi connectivity index (χ4v) is 0.744. The zero-order chi connectivity index (χ0) is 5.82. The van der Waals surface area contributed by atoms with Crippen LogP contribution in [0.2, 0.25) is 0 Å². The summed E-state index contributed by atoms with van der Waals surface area (Å²) in [5, 5.41) is 3.15. The van der Waals surface area contributed by atoms with Gasteiger partial charge >= 0.3 is 0 Å². The highest BCUT2D eigenvalue weighted by Crippen LogP contribution is 1.95. The van der Waals surface area contributed by atoms with E-state index in [-0.39, 0.29) is 6.23 Å². The Hall–Kier alpha value is -0.340. The molecule has 2 heteroatoms. The van der Waals surface area contributed by atoms with E-state index in [1.165, 1.54) is 0 Å².